The van der Waals surface area contributed by atoms with E-state index in [2.05, 4.69) is 4.90 Å². The van der Waals surface area contributed by atoms with Crippen LogP contribution in [0.1, 0.15) is 24.4 Å². The van der Waals surface area contributed by atoms with Gasteiger partial charge < -0.3 is 21.3 Å². The van der Waals surface area contributed by atoms with Crippen molar-refractivity contribution < 1.29 is 9.59 Å². The predicted molar refractivity (Wildman–Crippen MR) is 80.9 cm³/mol. The Morgan fingerprint density at radius 3 is 2.57 bits per heavy atom. The highest BCUT2D eigenvalue weighted by molar-refractivity contribution is 6.04. The second-order valence-corrected chi connectivity index (χ2v) is 5.78. The van der Waals surface area contributed by atoms with E-state index in [4.69, 9.17) is 11.5 Å². The number of anilines is 2. The van der Waals surface area contributed by atoms with Crippen molar-refractivity contribution in [3.63, 3.8) is 0 Å². The van der Waals surface area contributed by atoms with Crippen LogP contribution >= 0.6 is 0 Å². The van der Waals surface area contributed by atoms with E-state index in [1.807, 2.05) is 18.2 Å². The highest BCUT2D eigenvalue weighted by Gasteiger charge is 2.33. The summed E-state index contributed by atoms with van der Waals surface area (Å²) in [6.45, 7) is 1.60. The first-order chi connectivity index (χ1) is 9.99. The summed E-state index contributed by atoms with van der Waals surface area (Å²) in [7, 11) is 1.75. The van der Waals surface area contributed by atoms with Crippen molar-refractivity contribution in [1.29, 1.82) is 0 Å². The number of primary amides is 1. The topological polar surface area (TPSA) is 92.7 Å². The molecular formula is C15H20N4O2. The highest BCUT2D eigenvalue weighted by atomic mass is 16.2. The number of amides is 2. The summed E-state index contributed by atoms with van der Waals surface area (Å²) < 4.78 is 0. The Morgan fingerprint density at radius 2 is 1.95 bits per heavy atom. The molecule has 1 aromatic carbocycles. The second kappa shape index (κ2) is 5.04. The molecule has 0 aliphatic carbocycles. The maximum absolute atomic E-state index is 11.9. The molecule has 112 valence electrons. The van der Waals surface area contributed by atoms with E-state index >= 15 is 0 Å². The molecule has 1 fully saturated rings. The summed E-state index contributed by atoms with van der Waals surface area (Å²) in [6, 6.07) is 5.37. The smallest absolute Gasteiger partial charge is 0.248 e. The number of rotatable bonds is 2. The molecule has 0 spiro atoms. The summed E-state index contributed by atoms with van der Waals surface area (Å²) in [5.41, 5.74) is 14.1. The van der Waals surface area contributed by atoms with Gasteiger partial charge >= 0.3 is 0 Å². The predicted octanol–water partition coefficient (Wildman–Crippen LogP) is 0.365. The van der Waals surface area contributed by atoms with E-state index in [1.54, 1.807) is 11.9 Å². The van der Waals surface area contributed by atoms with Crippen LogP contribution < -0.4 is 21.3 Å². The molecule has 2 amide bonds. The van der Waals surface area contributed by atoms with E-state index in [9.17, 15) is 9.59 Å². The normalized spacial score (nSPS) is 22.6. The fraction of sp³-hybridized carbons (Fsp3) is 0.467. The SMILES string of the molecule is CN1C(=O)C(N)c2ccc(N3CCC(C(N)=O)CC3)cc21. The average molecular weight is 288 g/mol. The number of carbonyl (C=O) groups is 2. The van der Waals surface area contributed by atoms with Crippen molar-refractivity contribution in [3.8, 4) is 0 Å². The van der Waals surface area contributed by atoms with Crippen LogP contribution in [-0.2, 0) is 9.59 Å². The van der Waals surface area contributed by atoms with Crippen molar-refractivity contribution in [2.75, 3.05) is 29.9 Å². The zero-order valence-corrected chi connectivity index (χ0v) is 12.1. The molecule has 1 unspecified atom stereocenters. The van der Waals surface area contributed by atoms with Crippen LogP contribution in [-0.4, -0.2) is 32.0 Å². The number of piperidine rings is 1. The Hall–Kier alpha value is -2.08. The first-order valence-corrected chi connectivity index (χ1v) is 7.20. The molecule has 0 bridgehead atoms. The van der Waals surface area contributed by atoms with Gasteiger partial charge in [0.2, 0.25) is 11.8 Å². The Balaban J connectivity index is 1.80. The standard InChI is InChI=1S/C15H20N4O2/c1-18-12-8-10(2-3-11(12)13(16)15(18)21)19-6-4-9(5-7-19)14(17)20/h2-3,8-9,13H,4-7,16H2,1H3,(H2,17,20). The molecule has 0 aromatic heterocycles. The van der Waals surface area contributed by atoms with Crippen LogP contribution in [0.2, 0.25) is 0 Å². The lowest BCUT2D eigenvalue weighted by atomic mass is 9.95. The number of benzene rings is 1. The molecule has 6 heteroatoms. The minimum atomic E-state index is -0.556. The third kappa shape index (κ3) is 2.25. The Bertz CT molecular complexity index is 593. The highest BCUT2D eigenvalue weighted by Crippen LogP contribution is 2.37. The van der Waals surface area contributed by atoms with Crippen LogP contribution in [0.5, 0.6) is 0 Å². The molecule has 1 aromatic rings. The van der Waals surface area contributed by atoms with Crippen molar-refractivity contribution in [2.45, 2.75) is 18.9 Å². The number of hydrogen-bond acceptors (Lipinski definition) is 4. The molecule has 21 heavy (non-hydrogen) atoms. The summed E-state index contributed by atoms with van der Waals surface area (Å²) >= 11 is 0. The van der Waals surface area contributed by atoms with Gasteiger partial charge in [-0.2, -0.15) is 0 Å². The van der Waals surface area contributed by atoms with Crippen molar-refractivity contribution in [3.05, 3.63) is 23.8 Å². The third-order valence-corrected chi connectivity index (χ3v) is 4.57. The molecule has 0 saturated carbocycles. The molecule has 2 aliphatic rings. The number of likely N-dealkylation sites (N-methyl/N-ethyl adjacent to an activating group) is 1. The summed E-state index contributed by atoms with van der Waals surface area (Å²) in [5, 5.41) is 0. The summed E-state index contributed by atoms with van der Waals surface area (Å²) in [5.74, 6) is -0.303. The molecule has 1 atom stereocenters. The van der Waals surface area contributed by atoms with Gasteiger partial charge in [0.15, 0.2) is 0 Å². The van der Waals surface area contributed by atoms with Gasteiger partial charge in [-0.3, -0.25) is 9.59 Å². The Labute approximate surface area is 123 Å². The molecular weight excluding hydrogens is 268 g/mol. The van der Waals surface area contributed by atoms with Gasteiger partial charge in [0.05, 0.1) is 5.69 Å². The minimum Gasteiger partial charge on any atom is -0.371 e. The number of hydrogen-bond donors (Lipinski definition) is 2. The van der Waals surface area contributed by atoms with E-state index in [0.29, 0.717) is 0 Å². The van der Waals surface area contributed by atoms with Crippen LogP contribution in [0.15, 0.2) is 18.2 Å². The average Bonchev–Trinajstić information content (AvgIpc) is 2.72. The number of carbonyl (C=O) groups excluding carboxylic acids is 2. The van der Waals surface area contributed by atoms with E-state index in [1.165, 1.54) is 0 Å². The lowest BCUT2D eigenvalue weighted by Crippen LogP contribution is -2.38. The third-order valence-electron chi connectivity index (χ3n) is 4.57. The van der Waals surface area contributed by atoms with Crippen LogP contribution in [0, 0.1) is 5.92 Å². The van der Waals surface area contributed by atoms with Crippen molar-refractivity contribution in [1.82, 2.24) is 0 Å². The quantitative estimate of drug-likeness (QED) is 0.822. The van der Waals surface area contributed by atoms with Gasteiger partial charge in [-0.05, 0) is 25.0 Å². The zero-order chi connectivity index (χ0) is 15.1. The van der Waals surface area contributed by atoms with Crippen LogP contribution in [0.4, 0.5) is 11.4 Å². The lowest BCUT2D eigenvalue weighted by molar-refractivity contribution is -0.122. The largest absolute Gasteiger partial charge is 0.371 e. The fourth-order valence-electron chi connectivity index (χ4n) is 3.16. The number of fused-ring (bicyclic) bond motifs is 1. The number of nitrogens with two attached hydrogens (primary N) is 2. The maximum atomic E-state index is 11.9. The van der Waals surface area contributed by atoms with Gasteiger partial charge in [0.1, 0.15) is 6.04 Å². The summed E-state index contributed by atoms with van der Waals surface area (Å²) in [4.78, 5) is 27.0. The molecule has 4 N–H and O–H groups in total. The molecule has 0 radical (unpaired) electrons. The van der Waals surface area contributed by atoms with Gasteiger partial charge in [-0.15, -0.1) is 0 Å². The van der Waals surface area contributed by atoms with E-state index < -0.39 is 6.04 Å². The fourth-order valence-corrected chi connectivity index (χ4v) is 3.16. The van der Waals surface area contributed by atoms with Crippen LogP contribution in [0.3, 0.4) is 0 Å². The van der Waals surface area contributed by atoms with Gasteiger partial charge in [-0.25, -0.2) is 0 Å². The maximum Gasteiger partial charge on any atom is 0.248 e. The Kier molecular flexibility index (Phi) is 3.33. The second-order valence-electron chi connectivity index (χ2n) is 5.78. The first kappa shape index (κ1) is 13.9. The molecule has 3 rings (SSSR count). The molecule has 6 nitrogen and oxygen atoms in total. The van der Waals surface area contributed by atoms with Gasteiger partial charge in [0, 0.05) is 37.3 Å². The summed E-state index contributed by atoms with van der Waals surface area (Å²) in [6.07, 6.45) is 1.56. The number of nitrogens with zero attached hydrogens (tertiary/aromatic N) is 2. The minimum absolute atomic E-state index is 0.0200. The molecule has 1 saturated heterocycles. The molecule has 2 heterocycles. The monoisotopic (exact) mass is 288 g/mol. The van der Waals surface area contributed by atoms with Crippen molar-refractivity contribution >= 4 is 23.2 Å². The zero-order valence-electron chi connectivity index (χ0n) is 12.1. The first-order valence-electron chi connectivity index (χ1n) is 7.20. The van der Waals surface area contributed by atoms with Gasteiger partial charge in [-0.1, -0.05) is 6.07 Å². The van der Waals surface area contributed by atoms with Crippen LogP contribution in [0.25, 0.3) is 0 Å². The Morgan fingerprint density at radius 1 is 1.29 bits per heavy atom. The van der Waals surface area contributed by atoms with E-state index in [-0.39, 0.29) is 17.7 Å². The van der Waals surface area contributed by atoms with Gasteiger partial charge in [0.25, 0.3) is 0 Å². The molecule has 2 aliphatic heterocycles. The lowest BCUT2D eigenvalue weighted by Gasteiger charge is -2.32. The van der Waals surface area contributed by atoms with Crippen molar-refractivity contribution in [2.24, 2.45) is 17.4 Å². The van der Waals surface area contributed by atoms with E-state index in [0.717, 1.165) is 42.9 Å².